The topological polar surface area (TPSA) is 92.2 Å². The molecule has 1 heterocycles. The van der Waals surface area contributed by atoms with Crippen LogP contribution in [-0.2, 0) is 22.5 Å². The lowest BCUT2D eigenvalue weighted by atomic mass is 9.82. The van der Waals surface area contributed by atoms with Gasteiger partial charge in [0.2, 0.25) is 5.90 Å². The summed E-state index contributed by atoms with van der Waals surface area (Å²) in [4.78, 5) is 22.0. The molecular formula is C39H35Br2N3O4S. The molecule has 10 heteroatoms. The Labute approximate surface area is 307 Å². The lowest BCUT2D eigenvalue weighted by Gasteiger charge is -2.31. The SMILES string of the molecule is O=C(NNCc1ccccc1Sc1ccccc1)[C@@]1(Cc2ccccc2Br)N=C(c2ccc(OCCCO)cc2)O[C@H]1c1ccc(Br)cc1. The van der Waals surface area contributed by atoms with Crippen molar-refractivity contribution in [3.63, 3.8) is 0 Å². The van der Waals surface area contributed by atoms with Crippen LogP contribution in [0.5, 0.6) is 5.75 Å². The molecule has 1 amide bonds. The summed E-state index contributed by atoms with van der Waals surface area (Å²) in [7, 11) is 0. The monoisotopic (exact) mass is 799 g/mol. The van der Waals surface area contributed by atoms with E-state index in [9.17, 15) is 4.79 Å². The number of hydrogen-bond donors (Lipinski definition) is 3. The maximum absolute atomic E-state index is 14.6. The Bertz CT molecular complexity index is 1890. The number of amides is 1. The number of carbonyl (C=O) groups is 1. The summed E-state index contributed by atoms with van der Waals surface area (Å²) in [5, 5.41) is 9.11. The van der Waals surface area contributed by atoms with Crippen LogP contribution in [0.2, 0.25) is 0 Å². The molecule has 7 nitrogen and oxygen atoms in total. The van der Waals surface area contributed by atoms with E-state index >= 15 is 0 Å². The van der Waals surface area contributed by atoms with Gasteiger partial charge in [-0.15, -0.1) is 0 Å². The van der Waals surface area contributed by atoms with Crippen molar-refractivity contribution in [2.45, 2.75) is 40.8 Å². The fourth-order valence-corrected chi connectivity index (χ4v) is 7.20. The first-order chi connectivity index (χ1) is 23.9. The molecule has 6 rings (SSSR count). The Morgan fingerprint density at radius 1 is 0.857 bits per heavy atom. The van der Waals surface area contributed by atoms with Gasteiger partial charge in [-0.3, -0.25) is 10.2 Å². The molecule has 49 heavy (non-hydrogen) atoms. The largest absolute Gasteiger partial charge is 0.494 e. The molecular weight excluding hydrogens is 766 g/mol. The molecule has 1 aliphatic rings. The fraction of sp³-hybridized carbons (Fsp3) is 0.179. The van der Waals surface area contributed by atoms with Crippen LogP contribution in [0, 0.1) is 0 Å². The van der Waals surface area contributed by atoms with Crippen molar-refractivity contribution in [2.24, 2.45) is 4.99 Å². The third kappa shape index (κ3) is 8.63. The van der Waals surface area contributed by atoms with E-state index in [0.717, 1.165) is 41.0 Å². The van der Waals surface area contributed by atoms with Crippen LogP contribution in [-0.4, -0.2) is 35.7 Å². The number of hydrazine groups is 1. The highest BCUT2D eigenvalue weighted by Gasteiger charge is 2.53. The first-order valence-corrected chi connectivity index (χ1v) is 18.3. The van der Waals surface area contributed by atoms with E-state index in [1.165, 1.54) is 0 Å². The van der Waals surface area contributed by atoms with Crippen LogP contribution in [0.3, 0.4) is 0 Å². The van der Waals surface area contributed by atoms with Crippen LogP contribution >= 0.6 is 43.6 Å². The molecule has 250 valence electrons. The van der Waals surface area contributed by atoms with E-state index in [-0.39, 0.29) is 18.9 Å². The molecule has 5 aromatic rings. The number of nitrogens with one attached hydrogen (secondary N) is 2. The average Bonchev–Trinajstić information content (AvgIpc) is 3.51. The van der Waals surface area contributed by atoms with Crippen LogP contribution in [0.25, 0.3) is 0 Å². The molecule has 0 saturated heterocycles. The third-order valence-corrected chi connectivity index (χ3v) is 10.5. The molecule has 0 spiro atoms. The zero-order valence-corrected chi connectivity index (χ0v) is 30.5. The van der Waals surface area contributed by atoms with Gasteiger partial charge in [0.15, 0.2) is 11.6 Å². The van der Waals surface area contributed by atoms with Gasteiger partial charge < -0.3 is 14.6 Å². The molecule has 0 unspecified atom stereocenters. The zero-order valence-electron chi connectivity index (χ0n) is 26.5. The average molecular weight is 802 g/mol. The Morgan fingerprint density at radius 2 is 1.55 bits per heavy atom. The van der Waals surface area contributed by atoms with E-state index in [1.54, 1.807) is 11.8 Å². The van der Waals surface area contributed by atoms with Gasteiger partial charge in [0.25, 0.3) is 5.91 Å². The van der Waals surface area contributed by atoms with E-state index in [4.69, 9.17) is 19.6 Å². The number of ether oxygens (including phenoxy) is 2. The van der Waals surface area contributed by atoms with Gasteiger partial charge in [0.05, 0.1) is 6.61 Å². The number of aliphatic imine (C=N–C) groups is 1. The van der Waals surface area contributed by atoms with E-state index in [2.05, 4.69) is 67.0 Å². The Hall–Kier alpha value is -3.93. The van der Waals surface area contributed by atoms with Gasteiger partial charge in [0, 0.05) is 50.3 Å². The maximum Gasteiger partial charge on any atom is 0.266 e. The van der Waals surface area contributed by atoms with E-state index < -0.39 is 11.6 Å². The lowest BCUT2D eigenvalue weighted by Crippen LogP contribution is -2.53. The van der Waals surface area contributed by atoms with Crippen molar-refractivity contribution in [3.05, 3.63) is 159 Å². The van der Waals surface area contributed by atoms with Crippen molar-refractivity contribution in [2.75, 3.05) is 13.2 Å². The normalized spacial score (nSPS) is 16.9. The Kier molecular flexibility index (Phi) is 11.9. The summed E-state index contributed by atoms with van der Waals surface area (Å²) in [6, 6.07) is 41.4. The highest BCUT2D eigenvalue weighted by atomic mass is 79.9. The molecule has 0 radical (unpaired) electrons. The second kappa shape index (κ2) is 16.7. The number of benzene rings is 5. The molecule has 0 fully saturated rings. The number of nitrogens with zero attached hydrogens (tertiary/aromatic N) is 1. The summed E-state index contributed by atoms with van der Waals surface area (Å²) in [5.74, 6) is 0.720. The number of hydrogen-bond acceptors (Lipinski definition) is 7. The van der Waals surface area contributed by atoms with Crippen LogP contribution < -0.4 is 15.6 Å². The van der Waals surface area contributed by atoms with Gasteiger partial charge >= 0.3 is 0 Å². The van der Waals surface area contributed by atoms with Crippen LogP contribution in [0.15, 0.2) is 151 Å². The second-order valence-electron chi connectivity index (χ2n) is 11.4. The maximum atomic E-state index is 14.6. The molecule has 0 aliphatic carbocycles. The summed E-state index contributed by atoms with van der Waals surface area (Å²) in [6.07, 6.45) is 0.0884. The van der Waals surface area contributed by atoms with Crippen molar-refractivity contribution in [1.29, 1.82) is 0 Å². The molecule has 5 aromatic carbocycles. The van der Waals surface area contributed by atoms with Gasteiger partial charge in [-0.2, -0.15) is 0 Å². The highest BCUT2D eigenvalue weighted by Crippen LogP contribution is 2.43. The molecule has 3 N–H and O–H groups in total. The van der Waals surface area contributed by atoms with Gasteiger partial charge in [-0.25, -0.2) is 10.4 Å². The highest BCUT2D eigenvalue weighted by molar-refractivity contribution is 9.10. The standard InChI is InChI=1S/C39H35Br2N3O4S/c40-31-19-15-27(16-20-31)36-39(25-29-9-4-6-13-34(29)41,43-37(48-36)28-17-21-32(22-18-28)47-24-8-23-45)38(46)44-42-26-30-10-5-7-14-35(30)49-33-11-2-1-3-12-33/h1-7,9-22,36,42,45H,8,23-26H2,(H,44,46)/t36-,39-/m0/s1. The molecule has 1 aliphatic heterocycles. The van der Waals surface area contributed by atoms with Crippen LogP contribution in [0.1, 0.15) is 34.8 Å². The van der Waals surface area contributed by atoms with Crippen molar-refractivity contribution in [3.8, 4) is 5.75 Å². The number of halogens is 2. The third-order valence-electron chi connectivity index (χ3n) is 8.04. The minimum Gasteiger partial charge on any atom is -0.494 e. The van der Waals surface area contributed by atoms with E-state index in [1.807, 2.05) is 103 Å². The van der Waals surface area contributed by atoms with E-state index in [0.29, 0.717) is 31.2 Å². The number of aliphatic hydroxyl groups is 1. The number of aliphatic hydroxyl groups excluding tert-OH is 1. The smallest absolute Gasteiger partial charge is 0.266 e. The molecule has 0 bridgehead atoms. The molecule has 2 atom stereocenters. The Balaban J connectivity index is 1.32. The predicted octanol–water partition coefficient (Wildman–Crippen LogP) is 8.44. The molecule has 0 aromatic heterocycles. The van der Waals surface area contributed by atoms with Gasteiger partial charge in [-0.1, -0.05) is 110 Å². The van der Waals surface area contributed by atoms with Crippen LogP contribution in [0.4, 0.5) is 0 Å². The minimum atomic E-state index is -1.37. The number of rotatable bonds is 14. The predicted molar refractivity (Wildman–Crippen MR) is 201 cm³/mol. The molecule has 0 saturated carbocycles. The second-order valence-corrected chi connectivity index (χ2v) is 14.3. The first-order valence-electron chi connectivity index (χ1n) is 15.9. The fourth-order valence-electron chi connectivity index (χ4n) is 5.54. The minimum absolute atomic E-state index is 0.0653. The summed E-state index contributed by atoms with van der Waals surface area (Å²) in [5.41, 5.74) is 8.36. The summed E-state index contributed by atoms with van der Waals surface area (Å²) < 4.78 is 14.2. The van der Waals surface area contributed by atoms with Crippen molar-refractivity contribution >= 4 is 55.4 Å². The summed E-state index contributed by atoms with van der Waals surface area (Å²) >= 11 is 8.92. The quantitative estimate of drug-likeness (QED) is 0.0772. The lowest BCUT2D eigenvalue weighted by molar-refractivity contribution is -0.130. The Morgan fingerprint density at radius 3 is 2.29 bits per heavy atom. The van der Waals surface area contributed by atoms with Crippen molar-refractivity contribution in [1.82, 2.24) is 10.9 Å². The number of carbonyl (C=O) groups excluding carboxylic acids is 1. The van der Waals surface area contributed by atoms with Gasteiger partial charge in [0.1, 0.15) is 5.75 Å². The summed E-state index contributed by atoms with van der Waals surface area (Å²) in [6.45, 7) is 0.886. The van der Waals surface area contributed by atoms with Gasteiger partial charge in [-0.05, 0) is 77.4 Å². The first kappa shape index (κ1) is 34.9. The van der Waals surface area contributed by atoms with Crippen molar-refractivity contribution < 1.29 is 19.4 Å². The zero-order chi connectivity index (χ0) is 34.1.